The molecule has 2 fully saturated rings. The smallest absolute Gasteiger partial charge is 0.384 e. The van der Waals surface area contributed by atoms with Crippen molar-refractivity contribution in [3.8, 4) is 0 Å². The van der Waals surface area contributed by atoms with E-state index in [-0.39, 0.29) is 24.1 Å². The van der Waals surface area contributed by atoms with E-state index in [4.69, 9.17) is 9.84 Å². The summed E-state index contributed by atoms with van der Waals surface area (Å²) in [5.74, 6) is 0. The van der Waals surface area contributed by atoms with E-state index >= 15 is 0 Å². The van der Waals surface area contributed by atoms with Gasteiger partial charge in [0, 0.05) is 24.6 Å². The zero-order valence-electron chi connectivity index (χ0n) is 13.3. The Bertz CT molecular complexity index is 411. The number of carbonyl (C=O) groups is 1. The molecular formula is C15H25F3N2O3. The molecule has 0 heterocycles. The van der Waals surface area contributed by atoms with Crippen LogP contribution in [0.15, 0.2) is 0 Å². The van der Waals surface area contributed by atoms with Gasteiger partial charge in [0.05, 0.1) is 6.10 Å². The van der Waals surface area contributed by atoms with Crippen LogP contribution < -0.4 is 10.6 Å². The van der Waals surface area contributed by atoms with Crippen molar-refractivity contribution in [1.29, 1.82) is 0 Å². The fraction of sp³-hybridized carbons (Fsp3) is 0.933. The summed E-state index contributed by atoms with van der Waals surface area (Å²) in [6, 6.07) is -0.473. The van der Waals surface area contributed by atoms with E-state index in [9.17, 15) is 18.0 Å². The minimum atomic E-state index is -4.65. The first-order valence-corrected chi connectivity index (χ1v) is 8.20. The van der Waals surface area contributed by atoms with E-state index in [1.54, 1.807) is 0 Å². The third kappa shape index (κ3) is 4.09. The minimum absolute atomic E-state index is 0.00842. The Morgan fingerprint density at radius 1 is 1.39 bits per heavy atom. The molecule has 0 radical (unpaired) electrons. The maximum Gasteiger partial charge on any atom is 0.414 e. The van der Waals surface area contributed by atoms with Crippen LogP contribution in [-0.4, -0.2) is 48.7 Å². The van der Waals surface area contributed by atoms with Crippen LogP contribution in [0.4, 0.5) is 18.0 Å². The monoisotopic (exact) mass is 338 g/mol. The number of halogens is 3. The molecule has 0 bridgehead atoms. The lowest BCUT2D eigenvalue weighted by Gasteiger charge is -2.53. The number of alkyl halides is 3. The molecule has 0 aromatic heterocycles. The average Bonchev–Trinajstić information content (AvgIpc) is 2.97. The van der Waals surface area contributed by atoms with Crippen molar-refractivity contribution >= 4 is 6.03 Å². The number of aliphatic hydroxyl groups excluding tert-OH is 1. The number of urea groups is 1. The molecule has 2 saturated carbocycles. The lowest BCUT2D eigenvalue weighted by molar-refractivity contribution is -0.204. The first-order chi connectivity index (χ1) is 10.8. The first-order valence-electron chi connectivity index (χ1n) is 8.20. The number of hydrogen-bond donors (Lipinski definition) is 3. The van der Waals surface area contributed by atoms with Crippen LogP contribution in [-0.2, 0) is 4.74 Å². The van der Waals surface area contributed by atoms with Crippen LogP contribution >= 0.6 is 0 Å². The Balaban J connectivity index is 1.75. The fourth-order valence-electron chi connectivity index (χ4n) is 3.78. The lowest BCUT2D eigenvalue weighted by atomic mass is 9.60. The predicted octanol–water partition coefficient (Wildman–Crippen LogP) is 2.34. The van der Waals surface area contributed by atoms with Crippen molar-refractivity contribution in [2.75, 3.05) is 13.2 Å². The Morgan fingerprint density at radius 3 is 2.61 bits per heavy atom. The van der Waals surface area contributed by atoms with Gasteiger partial charge >= 0.3 is 12.2 Å². The second-order valence-corrected chi connectivity index (χ2v) is 6.42. The molecule has 3 atom stereocenters. The quantitative estimate of drug-likeness (QED) is 0.696. The third-order valence-electron chi connectivity index (χ3n) is 5.07. The highest BCUT2D eigenvalue weighted by Gasteiger charge is 2.57. The molecule has 0 unspecified atom stereocenters. The average molecular weight is 338 g/mol. The van der Waals surface area contributed by atoms with E-state index in [1.807, 2.05) is 6.92 Å². The van der Waals surface area contributed by atoms with Gasteiger partial charge in [0.2, 0.25) is 0 Å². The van der Waals surface area contributed by atoms with Gasteiger partial charge in [-0.2, -0.15) is 13.2 Å². The zero-order valence-corrected chi connectivity index (χ0v) is 13.3. The van der Waals surface area contributed by atoms with Gasteiger partial charge < -0.3 is 20.5 Å². The second kappa shape index (κ2) is 7.25. The molecule has 5 nitrogen and oxygen atoms in total. The lowest BCUT2D eigenvalue weighted by Crippen LogP contribution is -2.64. The normalized spacial score (nSPS) is 27.5. The molecule has 0 aromatic rings. The maximum absolute atomic E-state index is 12.2. The molecule has 2 aliphatic carbocycles. The topological polar surface area (TPSA) is 70.6 Å². The van der Waals surface area contributed by atoms with Crippen LogP contribution in [0.25, 0.3) is 0 Å². The van der Waals surface area contributed by atoms with Gasteiger partial charge in [-0.05, 0) is 32.6 Å². The van der Waals surface area contributed by atoms with Gasteiger partial charge in [0.15, 0.2) is 6.10 Å². The van der Waals surface area contributed by atoms with Crippen molar-refractivity contribution in [3.05, 3.63) is 0 Å². The molecule has 0 aromatic carbocycles. The van der Waals surface area contributed by atoms with Gasteiger partial charge in [-0.25, -0.2) is 4.79 Å². The molecule has 8 heteroatoms. The highest BCUT2D eigenvalue weighted by Crippen LogP contribution is 2.54. The fourth-order valence-corrected chi connectivity index (χ4v) is 3.78. The summed E-state index contributed by atoms with van der Waals surface area (Å²) in [7, 11) is 0. The molecule has 2 aliphatic rings. The Morgan fingerprint density at radius 2 is 2.04 bits per heavy atom. The largest absolute Gasteiger partial charge is 0.414 e. The molecule has 0 saturated heterocycles. The second-order valence-electron chi connectivity index (χ2n) is 6.42. The van der Waals surface area contributed by atoms with Crippen LogP contribution in [0.1, 0.15) is 45.4 Å². The molecule has 134 valence electrons. The number of hydrogen-bond acceptors (Lipinski definition) is 3. The maximum atomic E-state index is 12.2. The highest BCUT2D eigenvalue weighted by atomic mass is 19.4. The van der Waals surface area contributed by atoms with Crippen molar-refractivity contribution in [3.63, 3.8) is 0 Å². The summed E-state index contributed by atoms with van der Waals surface area (Å²) in [6.45, 7) is 2.36. The number of nitrogens with one attached hydrogen (secondary N) is 2. The summed E-state index contributed by atoms with van der Waals surface area (Å²) in [5, 5.41) is 14.1. The van der Waals surface area contributed by atoms with E-state index in [2.05, 4.69) is 10.6 Å². The van der Waals surface area contributed by atoms with Gasteiger partial charge in [-0.1, -0.05) is 12.8 Å². The number of aliphatic hydroxyl groups is 1. The van der Waals surface area contributed by atoms with Crippen LogP contribution in [0.2, 0.25) is 0 Å². The molecule has 23 heavy (non-hydrogen) atoms. The molecule has 2 amide bonds. The molecule has 1 spiro atoms. The van der Waals surface area contributed by atoms with E-state index in [0.717, 1.165) is 32.1 Å². The molecule has 2 rings (SSSR count). The van der Waals surface area contributed by atoms with Gasteiger partial charge in [0.1, 0.15) is 0 Å². The van der Waals surface area contributed by atoms with Crippen molar-refractivity contribution in [1.82, 2.24) is 10.6 Å². The summed E-state index contributed by atoms with van der Waals surface area (Å²) in [4.78, 5) is 11.9. The molecule has 3 N–H and O–H groups in total. The van der Waals surface area contributed by atoms with Crippen molar-refractivity contribution in [2.45, 2.75) is 69.9 Å². The number of amides is 2. The summed E-state index contributed by atoms with van der Waals surface area (Å²) >= 11 is 0. The molecule has 0 aliphatic heterocycles. The highest BCUT2D eigenvalue weighted by molar-refractivity contribution is 5.74. The third-order valence-corrected chi connectivity index (χ3v) is 5.07. The summed E-state index contributed by atoms with van der Waals surface area (Å²) in [6.07, 6.45) is -2.46. The van der Waals surface area contributed by atoms with Gasteiger partial charge in [-0.15, -0.1) is 0 Å². The molecular weight excluding hydrogens is 313 g/mol. The van der Waals surface area contributed by atoms with Crippen LogP contribution in [0.3, 0.4) is 0 Å². The minimum Gasteiger partial charge on any atom is -0.384 e. The van der Waals surface area contributed by atoms with Crippen molar-refractivity contribution in [2.24, 2.45) is 5.41 Å². The van der Waals surface area contributed by atoms with Gasteiger partial charge in [0.25, 0.3) is 0 Å². The Kier molecular flexibility index (Phi) is 5.78. The summed E-state index contributed by atoms with van der Waals surface area (Å²) in [5.41, 5.74) is -0.0150. The Labute approximate surface area is 134 Å². The number of ether oxygens (including phenoxy) is 1. The number of rotatable bonds is 6. The van der Waals surface area contributed by atoms with Gasteiger partial charge in [-0.3, -0.25) is 0 Å². The first kappa shape index (κ1) is 18.3. The Hall–Kier alpha value is -1.02. The van der Waals surface area contributed by atoms with Crippen molar-refractivity contribution < 1.29 is 27.8 Å². The predicted molar refractivity (Wildman–Crippen MR) is 77.9 cm³/mol. The van der Waals surface area contributed by atoms with E-state index in [1.165, 1.54) is 0 Å². The van der Waals surface area contributed by atoms with E-state index in [0.29, 0.717) is 6.61 Å². The number of carbonyl (C=O) groups excluding carboxylic acids is 1. The van der Waals surface area contributed by atoms with E-state index < -0.39 is 24.7 Å². The SMILES string of the molecule is CCO[C@@H]1C[C@H](NC(=O)NCC[C@@H](O)C(F)(F)F)C12CCCC2. The van der Waals surface area contributed by atoms with Crippen LogP contribution in [0, 0.1) is 5.41 Å². The summed E-state index contributed by atoms with van der Waals surface area (Å²) < 4.78 is 42.3. The van der Waals surface area contributed by atoms with Crippen LogP contribution in [0.5, 0.6) is 0 Å². The zero-order chi connectivity index (χ0) is 17.1. The standard InChI is InChI=1S/C15H25F3N2O3/c1-2-23-12-9-10(14(12)6-3-4-7-14)20-13(22)19-8-5-11(21)15(16,17)18/h10-12,21H,2-9H2,1H3,(H2,19,20,22)/t10-,11+,12+/m0/s1.